The molecule has 0 saturated carbocycles. The SMILES string of the molecule is CCc1ccc(N2C(=O)[C@H]3N=NN(Cc4cccc(OC)c4)[C@H]3C2=O)cc1. The molecule has 2 amide bonds. The van der Waals surface area contributed by atoms with Crippen molar-refractivity contribution in [2.75, 3.05) is 12.0 Å². The van der Waals surface area contributed by atoms with Crippen molar-refractivity contribution >= 4 is 17.5 Å². The van der Waals surface area contributed by atoms with Crippen LogP contribution in [0.5, 0.6) is 5.75 Å². The summed E-state index contributed by atoms with van der Waals surface area (Å²) in [6.45, 7) is 2.44. The molecule has 0 aliphatic carbocycles. The highest BCUT2D eigenvalue weighted by Crippen LogP contribution is 2.33. The second-order valence-corrected chi connectivity index (χ2v) is 6.58. The van der Waals surface area contributed by atoms with E-state index in [0.29, 0.717) is 12.2 Å². The van der Waals surface area contributed by atoms with Crippen LogP contribution in [0.1, 0.15) is 18.1 Å². The molecule has 138 valence electrons. The molecule has 2 aliphatic rings. The summed E-state index contributed by atoms with van der Waals surface area (Å²) in [4.78, 5) is 27.0. The fourth-order valence-electron chi connectivity index (χ4n) is 3.45. The lowest BCUT2D eigenvalue weighted by atomic mass is 10.1. The van der Waals surface area contributed by atoms with Crippen LogP contribution in [0.2, 0.25) is 0 Å². The number of hydrogen-bond acceptors (Lipinski definition) is 6. The van der Waals surface area contributed by atoms with Gasteiger partial charge in [-0.1, -0.05) is 36.4 Å². The van der Waals surface area contributed by atoms with Gasteiger partial charge in [0.2, 0.25) is 0 Å². The second kappa shape index (κ2) is 6.83. The zero-order valence-electron chi connectivity index (χ0n) is 15.2. The Balaban J connectivity index is 1.57. The molecular formula is C20H20N4O3. The summed E-state index contributed by atoms with van der Waals surface area (Å²) in [6.07, 6.45) is 0.899. The quantitative estimate of drug-likeness (QED) is 0.765. The zero-order valence-corrected chi connectivity index (χ0v) is 15.2. The van der Waals surface area contributed by atoms with Gasteiger partial charge in [0.05, 0.1) is 19.3 Å². The van der Waals surface area contributed by atoms with Gasteiger partial charge in [0.1, 0.15) is 5.75 Å². The highest BCUT2D eigenvalue weighted by atomic mass is 16.5. The van der Waals surface area contributed by atoms with Crippen LogP contribution in [0.4, 0.5) is 5.69 Å². The van der Waals surface area contributed by atoms with E-state index in [0.717, 1.165) is 23.3 Å². The molecule has 2 aromatic rings. The Labute approximate surface area is 157 Å². The number of ether oxygens (including phenoxy) is 1. The molecule has 0 N–H and O–H groups in total. The lowest BCUT2D eigenvalue weighted by Gasteiger charge is -2.21. The number of aryl methyl sites for hydroxylation is 1. The number of fused-ring (bicyclic) bond motifs is 1. The van der Waals surface area contributed by atoms with Gasteiger partial charge >= 0.3 is 0 Å². The number of carbonyl (C=O) groups is 2. The zero-order chi connectivity index (χ0) is 19.0. The predicted molar refractivity (Wildman–Crippen MR) is 99.3 cm³/mol. The third-order valence-corrected chi connectivity index (χ3v) is 4.94. The summed E-state index contributed by atoms with van der Waals surface area (Å²) < 4.78 is 5.24. The second-order valence-electron chi connectivity index (χ2n) is 6.58. The van der Waals surface area contributed by atoms with E-state index >= 15 is 0 Å². The summed E-state index contributed by atoms with van der Waals surface area (Å²) in [7, 11) is 1.60. The minimum absolute atomic E-state index is 0.290. The standard InChI is InChI=1S/C20H20N4O3/c1-3-13-7-9-15(10-8-13)24-19(25)17-18(20(24)26)23(22-21-17)12-14-5-4-6-16(11-14)27-2/h4-11,17-18H,3,12H2,1-2H3/t17-,18+/m0/s1. The van der Waals surface area contributed by atoms with E-state index in [1.807, 2.05) is 36.4 Å². The largest absolute Gasteiger partial charge is 0.497 e. The van der Waals surface area contributed by atoms with Crippen molar-refractivity contribution in [2.24, 2.45) is 10.3 Å². The average Bonchev–Trinajstić information content (AvgIpc) is 3.22. The summed E-state index contributed by atoms with van der Waals surface area (Å²) >= 11 is 0. The molecule has 4 rings (SSSR count). The number of nitrogens with zero attached hydrogens (tertiary/aromatic N) is 4. The molecule has 2 heterocycles. The van der Waals surface area contributed by atoms with Crippen molar-refractivity contribution in [2.45, 2.75) is 32.0 Å². The van der Waals surface area contributed by atoms with Gasteiger partial charge in [-0.05, 0) is 41.8 Å². The first-order valence-corrected chi connectivity index (χ1v) is 8.89. The van der Waals surface area contributed by atoms with Crippen LogP contribution in [0.15, 0.2) is 58.9 Å². The molecule has 0 radical (unpaired) electrons. The molecule has 0 aromatic heterocycles. The monoisotopic (exact) mass is 364 g/mol. The number of imide groups is 1. The van der Waals surface area contributed by atoms with Gasteiger partial charge in [-0.15, -0.1) is 0 Å². The molecule has 7 heteroatoms. The molecule has 2 aliphatic heterocycles. The lowest BCUT2D eigenvalue weighted by Crippen LogP contribution is -2.39. The number of anilines is 1. The van der Waals surface area contributed by atoms with Crippen LogP contribution in [0.25, 0.3) is 0 Å². The molecule has 1 fully saturated rings. The van der Waals surface area contributed by atoms with Crippen molar-refractivity contribution in [3.63, 3.8) is 0 Å². The van der Waals surface area contributed by atoms with Crippen molar-refractivity contribution in [1.29, 1.82) is 0 Å². The van der Waals surface area contributed by atoms with Crippen molar-refractivity contribution in [1.82, 2.24) is 5.01 Å². The van der Waals surface area contributed by atoms with Crippen LogP contribution in [-0.4, -0.2) is 36.0 Å². The van der Waals surface area contributed by atoms with E-state index in [1.54, 1.807) is 24.3 Å². The Morgan fingerprint density at radius 1 is 1.04 bits per heavy atom. The van der Waals surface area contributed by atoms with Crippen molar-refractivity contribution < 1.29 is 14.3 Å². The molecule has 7 nitrogen and oxygen atoms in total. The third kappa shape index (κ3) is 2.95. The smallest absolute Gasteiger partial charge is 0.263 e. The molecular weight excluding hydrogens is 344 g/mol. The van der Waals surface area contributed by atoms with Gasteiger partial charge in [-0.3, -0.25) is 14.6 Å². The molecule has 0 spiro atoms. The van der Waals surface area contributed by atoms with E-state index in [4.69, 9.17) is 4.74 Å². The summed E-state index contributed by atoms with van der Waals surface area (Å²) in [6, 6.07) is 13.5. The van der Waals surface area contributed by atoms with Gasteiger partial charge in [-0.2, -0.15) is 5.11 Å². The topological polar surface area (TPSA) is 74.6 Å². The first kappa shape index (κ1) is 17.2. The molecule has 0 bridgehead atoms. The van der Waals surface area contributed by atoms with Crippen LogP contribution >= 0.6 is 0 Å². The summed E-state index contributed by atoms with van der Waals surface area (Å²) in [5.74, 6) is 0.111. The molecule has 27 heavy (non-hydrogen) atoms. The number of benzene rings is 2. The highest BCUT2D eigenvalue weighted by Gasteiger charge is 2.54. The van der Waals surface area contributed by atoms with Gasteiger partial charge in [0, 0.05) is 0 Å². The first-order valence-electron chi connectivity index (χ1n) is 8.89. The van der Waals surface area contributed by atoms with E-state index in [2.05, 4.69) is 17.3 Å². The summed E-state index contributed by atoms with van der Waals surface area (Å²) in [5.41, 5.74) is 2.66. The number of methoxy groups -OCH3 is 1. The fourth-order valence-corrected chi connectivity index (χ4v) is 3.45. The Kier molecular flexibility index (Phi) is 4.35. The van der Waals surface area contributed by atoms with Crippen LogP contribution < -0.4 is 9.64 Å². The molecule has 2 atom stereocenters. The Morgan fingerprint density at radius 2 is 1.81 bits per heavy atom. The minimum Gasteiger partial charge on any atom is -0.497 e. The number of rotatable bonds is 5. The number of carbonyl (C=O) groups excluding carboxylic acids is 2. The first-order chi connectivity index (χ1) is 13.1. The van der Waals surface area contributed by atoms with Crippen molar-refractivity contribution in [3.8, 4) is 5.75 Å². The molecule has 2 aromatic carbocycles. The Morgan fingerprint density at radius 3 is 2.52 bits per heavy atom. The van der Waals surface area contributed by atoms with Crippen LogP contribution in [-0.2, 0) is 22.6 Å². The molecule has 0 unspecified atom stereocenters. The van der Waals surface area contributed by atoms with Gasteiger partial charge in [0.25, 0.3) is 11.8 Å². The predicted octanol–water partition coefficient (Wildman–Crippen LogP) is 2.75. The normalized spacial score (nSPS) is 21.1. The highest BCUT2D eigenvalue weighted by molar-refractivity contribution is 6.25. The fraction of sp³-hybridized carbons (Fsp3) is 0.300. The maximum Gasteiger partial charge on any atom is 0.263 e. The Bertz CT molecular complexity index is 910. The van der Waals surface area contributed by atoms with E-state index < -0.39 is 12.1 Å². The lowest BCUT2D eigenvalue weighted by molar-refractivity contribution is -0.123. The van der Waals surface area contributed by atoms with Gasteiger partial charge in [0.15, 0.2) is 12.1 Å². The molecule has 1 saturated heterocycles. The van der Waals surface area contributed by atoms with E-state index in [9.17, 15) is 9.59 Å². The van der Waals surface area contributed by atoms with Crippen LogP contribution in [0, 0.1) is 0 Å². The minimum atomic E-state index is -0.783. The third-order valence-electron chi connectivity index (χ3n) is 4.94. The van der Waals surface area contributed by atoms with Gasteiger partial charge < -0.3 is 4.74 Å². The summed E-state index contributed by atoms with van der Waals surface area (Å²) in [5, 5.41) is 9.73. The maximum absolute atomic E-state index is 13.0. The maximum atomic E-state index is 13.0. The number of amides is 2. The van der Waals surface area contributed by atoms with E-state index in [1.165, 1.54) is 4.90 Å². The number of hydrogen-bond donors (Lipinski definition) is 0. The van der Waals surface area contributed by atoms with E-state index in [-0.39, 0.29) is 11.8 Å². The van der Waals surface area contributed by atoms with Crippen LogP contribution in [0.3, 0.4) is 0 Å². The van der Waals surface area contributed by atoms with Crippen molar-refractivity contribution in [3.05, 3.63) is 59.7 Å². The Hall–Kier alpha value is -3.22. The average molecular weight is 364 g/mol. The van der Waals surface area contributed by atoms with Gasteiger partial charge in [-0.25, -0.2) is 4.90 Å².